The van der Waals surface area contributed by atoms with Gasteiger partial charge in [0.1, 0.15) is 5.78 Å². The molecule has 0 heterocycles. The summed E-state index contributed by atoms with van der Waals surface area (Å²) < 4.78 is 0. The first kappa shape index (κ1) is 14.4. The first-order valence-corrected chi connectivity index (χ1v) is 7.05. The van der Waals surface area contributed by atoms with Crippen LogP contribution in [0.5, 0.6) is 0 Å². The molecule has 1 saturated carbocycles. The average Bonchev–Trinajstić information content (AvgIpc) is 2.40. The van der Waals surface area contributed by atoms with E-state index in [9.17, 15) is 4.79 Å². The molecule has 0 unspecified atom stereocenters. The molecule has 0 aliphatic heterocycles. The largest absolute Gasteiger partial charge is 0.300 e. The Labute approximate surface area is 123 Å². The number of hydrogen-bond acceptors (Lipinski definition) is 3. The van der Waals surface area contributed by atoms with E-state index in [4.69, 9.17) is 23.2 Å². The van der Waals surface area contributed by atoms with Crippen molar-refractivity contribution in [2.24, 2.45) is 5.10 Å². The van der Waals surface area contributed by atoms with Gasteiger partial charge in [-0.1, -0.05) is 29.3 Å². The first-order chi connectivity index (χ1) is 9.06. The quantitative estimate of drug-likeness (QED) is 0.628. The maximum Gasteiger partial charge on any atom is 0.135 e. The minimum atomic E-state index is 0.209. The van der Waals surface area contributed by atoms with Gasteiger partial charge in [0, 0.05) is 19.9 Å². The van der Waals surface area contributed by atoms with Crippen LogP contribution < -0.4 is 0 Å². The lowest BCUT2D eigenvalue weighted by molar-refractivity contribution is -0.121. The van der Waals surface area contributed by atoms with E-state index in [1.54, 1.807) is 18.3 Å². The molecule has 3 nitrogen and oxygen atoms in total. The second-order valence-electron chi connectivity index (χ2n) is 4.78. The highest BCUT2D eigenvalue weighted by Gasteiger charge is 2.21. The number of hydrogen-bond donors (Lipinski definition) is 0. The summed E-state index contributed by atoms with van der Waals surface area (Å²) in [6.45, 7) is 0. The minimum absolute atomic E-state index is 0.209. The third kappa shape index (κ3) is 3.95. The predicted molar refractivity (Wildman–Crippen MR) is 79.1 cm³/mol. The molecule has 1 aliphatic carbocycles. The van der Waals surface area contributed by atoms with Gasteiger partial charge in [0.15, 0.2) is 0 Å². The number of nitrogens with zero attached hydrogens (tertiary/aromatic N) is 2. The average molecular weight is 299 g/mol. The summed E-state index contributed by atoms with van der Waals surface area (Å²) in [4.78, 5) is 11.4. The lowest BCUT2D eigenvalue weighted by Gasteiger charge is -2.28. The van der Waals surface area contributed by atoms with Gasteiger partial charge >= 0.3 is 0 Å². The fraction of sp³-hybridized carbons (Fsp3) is 0.429. The summed E-state index contributed by atoms with van der Waals surface area (Å²) in [7, 11) is 1.90. The Morgan fingerprint density at radius 1 is 1.37 bits per heavy atom. The zero-order valence-corrected chi connectivity index (χ0v) is 12.3. The fourth-order valence-corrected chi connectivity index (χ4v) is 2.47. The molecule has 0 saturated heterocycles. The number of carbonyl (C=O) groups excluding carboxylic acids is 1. The van der Waals surface area contributed by atoms with Crippen molar-refractivity contribution in [3.05, 3.63) is 33.8 Å². The van der Waals surface area contributed by atoms with Gasteiger partial charge in [0.2, 0.25) is 0 Å². The molecule has 1 aliphatic rings. The second kappa shape index (κ2) is 6.40. The molecule has 2 rings (SSSR count). The summed E-state index contributed by atoms with van der Waals surface area (Å²) in [5.41, 5.74) is 0.892. The number of benzene rings is 1. The van der Waals surface area contributed by atoms with Crippen molar-refractivity contribution in [2.75, 3.05) is 7.05 Å². The van der Waals surface area contributed by atoms with Crippen molar-refractivity contribution in [2.45, 2.75) is 31.7 Å². The molecule has 0 amide bonds. The van der Waals surface area contributed by atoms with Crippen LogP contribution in [0.15, 0.2) is 23.3 Å². The van der Waals surface area contributed by atoms with Crippen LogP contribution in [0.2, 0.25) is 10.0 Å². The number of carbonyl (C=O) groups is 1. The SMILES string of the molecule is CN(/N=C/c1ccc(Cl)c(Cl)c1)[C@H]1CCCC(=O)C1. The van der Waals surface area contributed by atoms with Crippen molar-refractivity contribution in [1.29, 1.82) is 0 Å². The number of ketones is 1. The number of hydrazone groups is 1. The Balaban J connectivity index is 2.00. The molecule has 0 spiro atoms. The predicted octanol–water partition coefficient (Wildman–Crippen LogP) is 3.77. The van der Waals surface area contributed by atoms with Crippen LogP contribution in [0.3, 0.4) is 0 Å². The molecule has 1 aromatic rings. The Bertz CT molecular complexity index is 502. The first-order valence-electron chi connectivity index (χ1n) is 6.30. The molecule has 5 heteroatoms. The molecule has 1 aromatic carbocycles. The molecular formula is C14H16Cl2N2O. The van der Waals surface area contributed by atoms with E-state index < -0.39 is 0 Å². The third-order valence-electron chi connectivity index (χ3n) is 3.32. The van der Waals surface area contributed by atoms with Gasteiger partial charge in [-0.05, 0) is 30.5 Å². The third-order valence-corrected chi connectivity index (χ3v) is 4.06. The molecule has 1 fully saturated rings. The van der Waals surface area contributed by atoms with Crippen LogP contribution in [0.25, 0.3) is 0 Å². The van der Waals surface area contributed by atoms with E-state index in [1.165, 1.54) is 0 Å². The summed E-state index contributed by atoms with van der Waals surface area (Å²) in [6.07, 6.45) is 5.01. The minimum Gasteiger partial charge on any atom is -0.300 e. The van der Waals surface area contributed by atoms with Crippen LogP contribution in [0, 0.1) is 0 Å². The maximum absolute atomic E-state index is 11.4. The second-order valence-corrected chi connectivity index (χ2v) is 5.60. The zero-order valence-electron chi connectivity index (χ0n) is 10.8. The van der Waals surface area contributed by atoms with Gasteiger partial charge in [-0.25, -0.2) is 0 Å². The lowest BCUT2D eigenvalue weighted by atomic mass is 9.94. The van der Waals surface area contributed by atoms with Crippen LogP contribution in [0.4, 0.5) is 0 Å². The highest BCUT2D eigenvalue weighted by atomic mass is 35.5. The molecule has 102 valence electrons. The molecule has 19 heavy (non-hydrogen) atoms. The summed E-state index contributed by atoms with van der Waals surface area (Å²) in [6, 6.07) is 5.58. The Hall–Kier alpha value is -1.06. The van der Waals surface area contributed by atoms with Crippen LogP contribution in [0.1, 0.15) is 31.2 Å². The molecular weight excluding hydrogens is 283 g/mol. The van der Waals surface area contributed by atoms with Crippen LogP contribution in [-0.4, -0.2) is 30.1 Å². The van der Waals surface area contributed by atoms with Gasteiger partial charge < -0.3 is 0 Å². The van der Waals surface area contributed by atoms with E-state index in [0.29, 0.717) is 28.7 Å². The van der Waals surface area contributed by atoms with Crippen molar-refractivity contribution in [1.82, 2.24) is 5.01 Å². The van der Waals surface area contributed by atoms with Crippen molar-refractivity contribution >= 4 is 35.2 Å². The maximum atomic E-state index is 11.4. The van der Waals surface area contributed by atoms with E-state index >= 15 is 0 Å². The summed E-state index contributed by atoms with van der Waals surface area (Å²) in [5.74, 6) is 0.327. The standard InChI is InChI=1S/C14H16Cl2N2O/c1-18(11-3-2-4-12(19)8-11)17-9-10-5-6-13(15)14(16)7-10/h5-7,9,11H,2-4,8H2,1H3/b17-9+/t11-/m0/s1. The lowest BCUT2D eigenvalue weighted by Crippen LogP contribution is -2.32. The van der Waals surface area contributed by atoms with E-state index in [2.05, 4.69) is 5.10 Å². The summed E-state index contributed by atoms with van der Waals surface area (Å²) >= 11 is 11.8. The monoisotopic (exact) mass is 298 g/mol. The molecule has 0 bridgehead atoms. The molecule has 1 atom stereocenters. The van der Waals surface area contributed by atoms with Crippen molar-refractivity contribution < 1.29 is 4.79 Å². The number of halogens is 2. The van der Waals surface area contributed by atoms with Gasteiger partial charge in [-0.3, -0.25) is 9.80 Å². The Morgan fingerprint density at radius 3 is 2.84 bits per heavy atom. The summed E-state index contributed by atoms with van der Waals surface area (Å²) in [5, 5.41) is 7.29. The normalized spacial score (nSPS) is 19.9. The number of Topliss-reactive ketones (excluding diaryl/α,β-unsaturated/α-hetero) is 1. The van der Waals surface area contributed by atoms with Crippen molar-refractivity contribution in [3.8, 4) is 0 Å². The Kier molecular flexibility index (Phi) is 4.83. The van der Waals surface area contributed by atoms with E-state index in [-0.39, 0.29) is 6.04 Å². The molecule has 0 aromatic heterocycles. The van der Waals surface area contributed by atoms with Crippen LogP contribution in [-0.2, 0) is 4.79 Å². The van der Waals surface area contributed by atoms with Gasteiger partial charge in [0.05, 0.1) is 22.3 Å². The van der Waals surface area contributed by atoms with E-state index in [0.717, 1.165) is 18.4 Å². The zero-order chi connectivity index (χ0) is 13.8. The molecule has 0 N–H and O–H groups in total. The highest BCUT2D eigenvalue weighted by Crippen LogP contribution is 2.22. The van der Waals surface area contributed by atoms with Gasteiger partial charge in [-0.15, -0.1) is 0 Å². The highest BCUT2D eigenvalue weighted by molar-refractivity contribution is 6.42. The van der Waals surface area contributed by atoms with Crippen LogP contribution >= 0.6 is 23.2 Å². The van der Waals surface area contributed by atoms with E-state index in [1.807, 2.05) is 18.1 Å². The smallest absolute Gasteiger partial charge is 0.135 e. The number of rotatable bonds is 3. The van der Waals surface area contributed by atoms with Crippen molar-refractivity contribution in [3.63, 3.8) is 0 Å². The van der Waals surface area contributed by atoms with Gasteiger partial charge in [0.25, 0.3) is 0 Å². The Morgan fingerprint density at radius 2 is 2.16 bits per heavy atom. The van der Waals surface area contributed by atoms with Gasteiger partial charge in [-0.2, -0.15) is 5.10 Å². The topological polar surface area (TPSA) is 32.7 Å². The molecule has 0 radical (unpaired) electrons. The fourth-order valence-electron chi connectivity index (χ4n) is 2.17.